The van der Waals surface area contributed by atoms with Gasteiger partial charge in [0.25, 0.3) is 0 Å². The van der Waals surface area contributed by atoms with Crippen molar-refractivity contribution in [1.82, 2.24) is 9.78 Å². The number of alkyl halides is 3. The van der Waals surface area contributed by atoms with Gasteiger partial charge in [-0.25, -0.2) is 0 Å². The molecule has 18 heavy (non-hydrogen) atoms. The van der Waals surface area contributed by atoms with Gasteiger partial charge in [-0.1, -0.05) is 0 Å². The molecule has 1 unspecified atom stereocenters. The number of nitrogens with one attached hydrogen (secondary N) is 1. The van der Waals surface area contributed by atoms with Gasteiger partial charge in [0.05, 0.1) is 11.9 Å². The summed E-state index contributed by atoms with van der Waals surface area (Å²) in [7, 11) is 0. The number of hydrogen-bond acceptors (Lipinski definition) is 2. The Bertz CT molecular complexity index is 358. The van der Waals surface area contributed by atoms with Gasteiger partial charge in [-0.2, -0.15) is 18.3 Å². The molecule has 1 N–H and O–H groups in total. The molecule has 0 bridgehead atoms. The molecule has 6 heteroatoms. The van der Waals surface area contributed by atoms with Crippen LogP contribution in [0.4, 0.5) is 18.9 Å². The zero-order valence-electron chi connectivity index (χ0n) is 11.0. The average molecular weight is 263 g/mol. The van der Waals surface area contributed by atoms with Crippen LogP contribution in [0.5, 0.6) is 0 Å². The van der Waals surface area contributed by atoms with Crippen LogP contribution in [0, 0.1) is 0 Å². The van der Waals surface area contributed by atoms with E-state index in [1.165, 1.54) is 0 Å². The zero-order valence-corrected chi connectivity index (χ0v) is 11.0. The van der Waals surface area contributed by atoms with Crippen LogP contribution in [-0.4, -0.2) is 22.0 Å². The van der Waals surface area contributed by atoms with Crippen LogP contribution in [0.15, 0.2) is 12.4 Å². The predicted octanol–water partition coefficient (Wildman–Crippen LogP) is 4.00. The van der Waals surface area contributed by atoms with Crippen molar-refractivity contribution >= 4 is 5.69 Å². The fourth-order valence-corrected chi connectivity index (χ4v) is 1.66. The number of anilines is 1. The van der Waals surface area contributed by atoms with E-state index in [0.29, 0.717) is 6.42 Å². The first-order chi connectivity index (χ1) is 8.28. The van der Waals surface area contributed by atoms with Crippen molar-refractivity contribution in [3.63, 3.8) is 0 Å². The lowest BCUT2D eigenvalue weighted by Crippen LogP contribution is -2.16. The molecule has 1 aromatic heterocycles. The minimum absolute atomic E-state index is 0.0113. The van der Waals surface area contributed by atoms with Crippen molar-refractivity contribution in [2.45, 2.75) is 58.3 Å². The lowest BCUT2D eigenvalue weighted by molar-refractivity contribution is -0.135. The Balaban J connectivity index is 2.33. The Labute approximate surface area is 105 Å². The summed E-state index contributed by atoms with van der Waals surface area (Å²) in [6, 6.07) is 0.290. The lowest BCUT2D eigenvalue weighted by Gasteiger charge is -2.14. The summed E-state index contributed by atoms with van der Waals surface area (Å²) in [5.74, 6) is 0. The number of rotatable bonds is 6. The molecule has 0 saturated carbocycles. The molecule has 0 spiro atoms. The van der Waals surface area contributed by atoms with Crippen molar-refractivity contribution in [2.24, 2.45) is 0 Å². The largest absolute Gasteiger partial charge is 0.389 e. The molecular weight excluding hydrogens is 243 g/mol. The molecule has 0 aliphatic carbocycles. The summed E-state index contributed by atoms with van der Waals surface area (Å²) >= 11 is 0. The van der Waals surface area contributed by atoms with E-state index in [-0.39, 0.29) is 18.5 Å². The Morgan fingerprint density at radius 2 is 2.00 bits per heavy atom. The summed E-state index contributed by atoms with van der Waals surface area (Å²) in [4.78, 5) is 0. The van der Waals surface area contributed by atoms with Gasteiger partial charge in [0.15, 0.2) is 0 Å². The normalized spacial score (nSPS) is 13.9. The minimum Gasteiger partial charge on any atom is -0.380 e. The first kappa shape index (κ1) is 14.9. The molecule has 1 aromatic rings. The molecule has 0 fully saturated rings. The summed E-state index contributed by atoms with van der Waals surface area (Å²) < 4.78 is 37.8. The van der Waals surface area contributed by atoms with Crippen LogP contribution < -0.4 is 5.32 Å². The standard InChI is InChI=1S/C12H20F3N3/c1-9(2)18-8-11(7-16-18)17-10(3)5-4-6-12(13,14)15/h7-10,17H,4-6H2,1-3H3. The van der Waals surface area contributed by atoms with Crippen molar-refractivity contribution < 1.29 is 13.2 Å². The molecule has 0 amide bonds. The molecule has 3 nitrogen and oxygen atoms in total. The highest BCUT2D eigenvalue weighted by Gasteiger charge is 2.26. The highest BCUT2D eigenvalue weighted by atomic mass is 19.4. The summed E-state index contributed by atoms with van der Waals surface area (Å²) in [6.45, 7) is 5.91. The third-order valence-electron chi connectivity index (χ3n) is 2.64. The Hall–Kier alpha value is -1.20. The molecule has 1 atom stereocenters. The Morgan fingerprint density at radius 1 is 1.33 bits per heavy atom. The van der Waals surface area contributed by atoms with Gasteiger partial charge in [-0.15, -0.1) is 0 Å². The second-order valence-corrected chi connectivity index (χ2v) is 4.86. The lowest BCUT2D eigenvalue weighted by atomic mass is 10.1. The highest BCUT2D eigenvalue weighted by Crippen LogP contribution is 2.23. The van der Waals surface area contributed by atoms with Crippen LogP contribution in [0.1, 0.15) is 46.1 Å². The first-order valence-electron chi connectivity index (χ1n) is 6.15. The van der Waals surface area contributed by atoms with E-state index >= 15 is 0 Å². The topological polar surface area (TPSA) is 29.9 Å². The average Bonchev–Trinajstić information content (AvgIpc) is 2.64. The van der Waals surface area contributed by atoms with Gasteiger partial charge in [0, 0.05) is 24.7 Å². The smallest absolute Gasteiger partial charge is 0.380 e. The van der Waals surface area contributed by atoms with E-state index in [4.69, 9.17) is 0 Å². The third-order valence-corrected chi connectivity index (χ3v) is 2.64. The second kappa shape index (κ2) is 6.11. The molecule has 0 radical (unpaired) electrons. The van der Waals surface area contributed by atoms with Gasteiger partial charge < -0.3 is 5.32 Å². The van der Waals surface area contributed by atoms with Crippen molar-refractivity contribution in [1.29, 1.82) is 0 Å². The summed E-state index contributed by atoms with van der Waals surface area (Å²) in [5.41, 5.74) is 0.850. The predicted molar refractivity (Wildman–Crippen MR) is 65.6 cm³/mol. The molecule has 0 aliphatic heterocycles. The Morgan fingerprint density at radius 3 is 2.50 bits per heavy atom. The van der Waals surface area contributed by atoms with E-state index in [1.807, 2.05) is 31.6 Å². The maximum Gasteiger partial charge on any atom is 0.389 e. The molecule has 0 saturated heterocycles. The number of halogens is 3. The van der Waals surface area contributed by atoms with E-state index < -0.39 is 12.6 Å². The van der Waals surface area contributed by atoms with E-state index in [0.717, 1.165) is 5.69 Å². The van der Waals surface area contributed by atoms with Crippen molar-refractivity contribution in [3.05, 3.63) is 12.4 Å². The summed E-state index contributed by atoms with van der Waals surface area (Å²) in [6.07, 6.45) is -0.569. The third kappa shape index (κ3) is 5.42. The fraction of sp³-hybridized carbons (Fsp3) is 0.750. The van der Waals surface area contributed by atoms with E-state index in [2.05, 4.69) is 10.4 Å². The maximum atomic E-state index is 12.0. The van der Waals surface area contributed by atoms with Crippen LogP contribution >= 0.6 is 0 Å². The van der Waals surface area contributed by atoms with Crippen molar-refractivity contribution in [3.8, 4) is 0 Å². The van der Waals surface area contributed by atoms with Crippen LogP contribution in [0.25, 0.3) is 0 Å². The monoisotopic (exact) mass is 263 g/mol. The van der Waals surface area contributed by atoms with E-state index in [1.54, 1.807) is 6.20 Å². The van der Waals surface area contributed by atoms with Crippen LogP contribution in [-0.2, 0) is 0 Å². The second-order valence-electron chi connectivity index (χ2n) is 4.86. The van der Waals surface area contributed by atoms with Gasteiger partial charge in [-0.3, -0.25) is 4.68 Å². The molecule has 0 aromatic carbocycles. The molecule has 1 rings (SSSR count). The number of nitrogens with zero attached hydrogens (tertiary/aromatic N) is 2. The number of hydrogen-bond donors (Lipinski definition) is 1. The van der Waals surface area contributed by atoms with Gasteiger partial charge in [-0.05, 0) is 33.6 Å². The molecule has 0 aliphatic rings. The number of aromatic nitrogens is 2. The van der Waals surface area contributed by atoms with Crippen LogP contribution in [0.3, 0.4) is 0 Å². The zero-order chi connectivity index (χ0) is 13.8. The SMILES string of the molecule is CC(CCCC(F)(F)F)Nc1cnn(C(C)C)c1. The minimum atomic E-state index is -4.05. The molecule has 104 valence electrons. The van der Waals surface area contributed by atoms with Gasteiger partial charge >= 0.3 is 6.18 Å². The fourth-order valence-electron chi connectivity index (χ4n) is 1.66. The van der Waals surface area contributed by atoms with Gasteiger partial charge in [0.2, 0.25) is 0 Å². The van der Waals surface area contributed by atoms with Crippen molar-refractivity contribution in [2.75, 3.05) is 5.32 Å². The first-order valence-corrected chi connectivity index (χ1v) is 6.15. The highest BCUT2D eigenvalue weighted by molar-refractivity contribution is 5.39. The molecular formula is C12H20F3N3. The van der Waals surface area contributed by atoms with Crippen LogP contribution in [0.2, 0.25) is 0 Å². The van der Waals surface area contributed by atoms with Gasteiger partial charge in [0.1, 0.15) is 0 Å². The Kier molecular flexibility index (Phi) is 5.04. The maximum absolute atomic E-state index is 12.0. The quantitative estimate of drug-likeness (QED) is 0.840. The summed E-state index contributed by atoms with van der Waals surface area (Å²) in [5, 5.41) is 7.32. The van der Waals surface area contributed by atoms with E-state index in [9.17, 15) is 13.2 Å². The molecule has 1 heterocycles.